The van der Waals surface area contributed by atoms with Gasteiger partial charge in [-0.05, 0) is 35.4 Å². The van der Waals surface area contributed by atoms with E-state index in [0.717, 1.165) is 17.0 Å². The molecule has 0 radical (unpaired) electrons. The van der Waals surface area contributed by atoms with Gasteiger partial charge in [0.05, 0.1) is 34.1 Å². The number of benzene rings is 2. The van der Waals surface area contributed by atoms with Gasteiger partial charge in [-0.1, -0.05) is 12.1 Å². The van der Waals surface area contributed by atoms with Crippen molar-refractivity contribution in [2.45, 2.75) is 29.6 Å². The van der Waals surface area contributed by atoms with Crippen molar-refractivity contribution in [1.82, 2.24) is 20.4 Å². The Balaban J connectivity index is 1.58. The molecule has 2 aliphatic heterocycles. The van der Waals surface area contributed by atoms with Crippen molar-refractivity contribution in [2.75, 3.05) is 14.1 Å². The van der Waals surface area contributed by atoms with Crippen molar-refractivity contribution in [1.29, 1.82) is 0 Å². The molecule has 2 aromatic rings. The van der Waals surface area contributed by atoms with Gasteiger partial charge in [0.2, 0.25) is 5.91 Å². The normalized spacial score (nSPS) is 24.9. The van der Waals surface area contributed by atoms with Crippen molar-refractivity contribution in [3.8, 4) is 0 Å². The average molecular weight is 510 g/mol. The van der Waals surface area contributed by atoms with Gasteiger partial charge in [0, 0.05) is 32.0 Å². The van der Waals surface area contributed by atoms with Gasteiger partial charge in [0.1, 0.15) is 0 Å². The van der Waals surface area contributed by atoms with E-state index in [9.17, 15) is 32.9 Å². The van der Waals surface area contributed by atoms with Crippen LogP contribution in [0.2, 0.25) is 0 Å². The van der Waals surface area contributed by atoms with E-state index in [-0.39, 0.29) is 11.6 Å². The first kappa shape index (κ1) is 24.9. The smallest absolute Gasteiger partial charge is 0.311 e. The molecule has 4 rings (SSSR count). The Labute approximate surface area is 202 Å². The molecule has 0 aliphatic carbocycles. The van der Waals surface area contributed by atoms with Crippen LogP contribution in [0.25, 0.3) is 0 Å². The van der Waals surface area contributed by atoms with Crippen molar-refractivity contribution in [2.24, 2.45) is 5.92 Å². The number of hydrogen-bond acceptors (Lipinski definition) is 7. The molecule has 4 unspecified atom stereocenters. The zero-order valence-electron chi connectivity index (χ0n) is 18.7. The molecule has 0 spiro atoms. The molecule has 0 saturated carbocycles. The van der Waals surface area contributed by atoms with Crippen LogP contribution in [-0.4, -0.2) is 52.3 Å². The molecule has 0 aromatic heterocycles. The van der Waals surface area contributed by atoms with Crippen LogP contribution in [-0.2, 0) is 16.7 Å². The van der Waals surface area contributed by atoms with Crippen molar-refractivity contribution >= 4 is 29.4 Å². The Morgan fingerprint density at radius 3 is 2.23 bits per heavy atom. The van der Waals surface area contributed by atoms with Gasteiger partial charge < -0.3 is 4.90 Å². The highest BCUT2D eigenvalue weighted by atomic mass is 32.2. The fraction of sp³-hybridized carbons (Fsp3) is 0.364. The summed E-state index contributed by atoms with van der Waals surface area (Å²) in [4.78, 5) is 38.5. The van der Waals surface area contributed by atoms with Gasteiger partial charge >= 0.3 is 12.2 Å². The number of nitro benzene ring substituents is 1. The van der Waals surface area contributed by atoms with Gasteiger partial charge in [-0.15, -0.1) is 11.8 Å². The number of rotatable bonds is 5. The van der Waals surface area contributed by atoms with Crippen LogP contribution in [0.3, 0.4) is 0 Å². The van der Waals surface area contributed by atoms with Crippen LogP contribution in [0.1, 0.15) is 22.9 Å². The van der Waals surface area contributed by atoms with E-state index in [1.165, 1.54) is 48.0 Å². The maximum Gasteiger partial charge on any atom is 0.416 e. The fourth-order valence-electron chi connectivity index (χ4n) is 4.16. The Morgan fingerprint density at radius 2 is 1.66 bits per heavy atom. The van der Waals surface area contributed by atoms with Crippen LogP contribution in [0, 0.1) is 16.0 Å². The van der Waals surface area contributed by atoms with Crippen LogP contribution in [0.4, 0.5) is 23.7 Å². The molecule has 2 N–H and O–H groups in total. The zero-order valence-corrected chi connectivity index (χ0v) is 19.5. The van der Waals surface area contributed by atoms with Crippen LogP contribution >= 0.6 is 11.8 Å². The molecule has 9 nitrogen and oxygen atoms in total. The molecular formula is C22H22F3N5O4S. The second-order valence-corrected chi connectivity index (χ2v) is 9.43. The number of nitro groups is 1. The number of fused-ring (bicyclic) bond motifs is 1. The molecule has 2 fully saturated rings. The Bertz CT molecular complexity index is 1130. The van der Waals surface area contributed by atoms with Crippen LogP contribution in [0.5, 0.6) is 0 Å². The quantitative estimate of drug-likeness (QED) is 0.469. The molecule has 2 heterocycles. The number of halogens is 3. The number of imide groups is 1. The highest BCUT2D eigenvalue weighted by Gasteiger charge is 2.51. The van der Waals surface area contributed by atoms with Gasteiger partial charge in [0.15, 0.2) is 0 Å². The SMILES string of the molecule is CN1C(=O)C2C(SCc3ccc(C(F)(F)F)cc3)NC(c3ccc([N+](=O)[O-])cc3)NC2N(C)C1=O. The van der Waals surface area contributed by atoms with E-state index in [4.69, 9.17) is 0 Å². The summed E-state index contributed by atoms with van der Waals surface area (Å²) in [5.74, 6) is -0.734. The second-order valence-electron chi connectivity index (χ2n) is 8.30. The minimum Gasteiger partial charge on any atom is -0.311 e. The number of nitrogens with one attached hydrogen (secondary N) is 2. The van der Waals surface area contributed by atoms with Gasteiger partial charge in [0.25, 0.3) is 5.69 Å². The summed E-state index contributed by atoms with van der Waals surface area (Å²) < 4.78 is 38.6. The highest BCUT2D eigenvalue weighted by Crippen LogP contribution is 2.36. The maximum absolute atomic E-state index is 13.0. The third-order valence-corrected chi connectivity index (χ3v) is 7.39. The largest absolute Gasteiger partial charge is 0.416 e. The van der Waals surface area contributed by atoms with E-state index in [1.807, 2.05) is 0 Å². The van der Waals surface area contributed by atoms with Crippen LogP contribution in [0.15, 0.2) is 48.5 Å². The monoisotopic (exact) mass is 509 g/mol. The molecule has 2 aromatic carbocycles. The maximum atomic E-state index is 13.0. The highest BCUT2D eigenvalue weighted by molar-refractivity contribution is 7.99. The van der Waals surface area contributed by atoms with Gasteiger partial charge in [-0.3, -0.25) is 30.4 Å². The summed E-state index contributed by atoms with van der Waals surface area (Å²) in [5, 5.41) is 17.1. The van der Waals surface area contributed by atoms with Gasteiger partial charge in [-0.25, -0.2) is 4.79 Å². The Morgan fingerprint density at radius 1 is 1.03 bits per heavy atom. The predicted molar refractivity (Wildman–Crippen MR) is 122 cm³/mol. The Kier molecular flexibility index (Phi) is 6.75. The van der Waals surface area contributed by atoms with E-state index >= 15 is 0 Å². The van der Waals surface area contributed by atoms with Gasteiger partial charge in [-0.2, -0.15) is 13.2 Å². The fourth-order valence-corrected chi connectivity index (χ4v) is 5.42. The number of non-ortho nitro benzene ring substituents is 1. The summed E-state index contributed by atoms with van der Waals surface area (Å²) in [5.41, 5.74) is 0.500. The summed E-state index contributed by atoms with van der Waals surface area (Å²) in [6.45, 7) is 0. The first-order chi connectivity index (χ1) is 16.5. The molecule has 35 heavy (non-hydrogen) atoms. The minimum absolute atomic E-state index is 0.0718. The van der Waals surface area contributed by atoms with E-state index in [1.54, 1.807) is 19.2 Å². The van der Waals surface area contributed by atoms with E-state index in [2.05, 4.69) is 10.6 Å². The average Bonchev–Trinajstić information content (AvgIpc) is 2.84. The third-order valence-electron chi connectivity index (χ3n) is 6.10. The Hall–Kier alpha value is -3.16. The summed E-state index contributed by atoms with van der Waals surface area (Å²) in [7, 11) is 2.98. The third kappa shape index (κ3) is 4.97. The number of carbonyl (C=O) groups is 2. The number of alkyl halides is 3. The molecule has 186 valence electrons. The summed E-state index contributed by atoms with van der Waals surface area (Å²) in [6.07, 6.45) is -5.62. The van der Waals surface area contributed by atoms with Crippen molar-refractivity contribution in [3.05, 3.63) is 75.3 Å². The van der Waals surface area contributed by atoms with Crippen molar-refractivity contribution in [3.63, 3.8) is 0 Å². The first-order valence-corrected chi connectivity index (χ1v) is 11.6. The molecule has 0 bridgehead atoms. The number of thioether (sulfide) groups is 1. The van der Waals surface area contributed by atoms with E-state index < -0.39 is 46.3 Å². The first-order valence-electron chi connectivity index (χ1n) is 10.6. The molecule has 4 atom stereocenters. The van der Waals surface area contributed by atoms with Crippen LogP contribution < -0.4 is 10.6 Å². The van der Waals surface area contributed by atoms with Crippen molar-refractivity contribution < 1.29 is 27.7 Å². The number of amides is 3. The zero-order chi connectivity index (χ0) is 25.5. The lowest BCUT2D eigenvalue weighted by atomic mass is 9.96. The molecule has 3 amide bonds. The molecule has 2 aliphatic rings. The second kappa shape index (κ2) is 9.47. The number of hydrogen-bond donors (Lipinski definition) is 2. The predicted octanol–water partition coefficient (Wildman–Crippen LogP) is 3.53. The van der Waals surface area contributed by atoms with E-state index in [0.29, 0.717) is 16.9 Å². The lowest BCUT2D eigenvalue weighted by Crippen LogP contribution is -2.72. The molecular weight excluding hydrogens is 487 g/mol. The number of urea groups is 1. The lowest BCUT2D eigenvalue weighted by molar-refractivity contribution is -0.384. The summed E-state index contributed by atoms with van der Waals surface area (Å²) in [6, 6.07) is 10.2. The number of nitrogens with zero attached hydrogens (tertiary/aromatic N) is 3. The molecule has 2 saturated heterocycles. The summed E-state index contributed by atoms with van der Waals surface area (Å²) >= 11 is 1.34. The lowest BCUT2D eigenvalue weighted by Gasteiger charge is -2.50. The molecule has 13 heteroatoms. The minimum atomic E-state index is -4.43. The standard InChI is InChI=1S/C22H22F3N5O4S/c1-28-18-16(20(31)29(2)21(28)32)19(35-11-12-3-7-14(8-4-12)22(23,24)25)27-17(26-18)13-5-9-15(10-6-13)30(33)34/h3-10,16-19,26-27H,11H2,1-2H3. The topological polar surface area (TPSA) is 108 Å². The number of carbonyl (C=O) groups excluding carboxylic acids is 2.